The largest absolute Gasteiger partial charge is 0.480 e. The number of carboxylic acid groups (broad SMARTS) is 1. The molecular formula is C27H26N2O6. The van der Waals surface area contributed by atoms with Gasteiger partial charge in [-0.3, -0.25) is 10.1 Å². The molecule has 1 aliphatic rings. The second-order valence-electron chi connectivity index (χ2n) is 8.86. The summed E-state index contributed by atoms with van der Waals surface area (Å²) in [5.74, 6) is -1.28. The van der Waals surface area contributed by atoms with Gasteiger partial charge in [0, 0.05) is 18.1 Å². The maximum Gasteiger partial charge on any atom is 0.408 e. The van der Waals surface area contributed by atoms with E-state index in [1.54, 1.807) is 12.1 Å². The summed E-state index contributed by atoms with van der Waals surface area (Å²) in [7, 11) is 0. The third-order valence-corrected chi connectivity index (χ3v) is 6.48. The summed E-state index contributed by atoms with van der Waals surface area (Å²) < 4.78 is 5.51. The van der Waals surface area contributed by atoms with Crippen LogP contribution in [0.3, 0.4) is 0 Å². The highest BCUT2D eigenvalue weighted by atomic mass is 16.6. The van der Waals surface area contributed by atoms with Crippen molar-refractivity contribution in [3.63, 3.8) is 0 Å². The molecule has 1 atom stereocenters. The van der Waals surface area contributed by atoms with E-state index in [0.29, 0.717) is 12.8 Å². The van der Waals surface area contributed by atoms with Crippen LogP contribution >= 0.6 is 0 Å². The number of nitro benzene ring substituents is 1. The standard InChI is InChI=1S/C27H26N2O6/c1-27(25(30)31,16-6-7-18-12-14-19(15-13-18)29(33)34)28-26(32)35-17-24-22-10-4-2-8-20(22)21-9-3-5-11-23(21)24/h2-5,8-15,24H,6-7,16-17H2,1H3,(H,28,32)(H,30,31). The molecule has 3 aromatic rings. The number of non-ortho nitro benzene ring substituents is 1. The van der Waals surface area contributed by atoms with E-state index in [9.17, 15) is 24.8 Å². The number of nitrogens with one attached hydrogen (secondary N) is 1. The topological polar surface area (TPSA) is 119 Å². The zero-order valence-corrected chi connectivity index (χ0v) is 19.3. The third-order valence-electron chi connectivity index (χ3n) is 6.48. The predicted octanol–water partition coefficient (Wildman–Crippen LogP) is 5.30. The van der Waals surface area contributed by atoms with E-state index in [-0.39, 0.29) is 24.6 Å². The second kappa shape index (κ2) is 9.97. The molecule has 1 aliphatic carbocycles. The zero-order chi connectivity index (χ0) is 25.0. The Balaban J connectivity index is 1.36. The number of amides is 1. The highest BCUT2D eigenvalue weighted by molar-refractivity contribution is 5.84. The van der Waals surface area contributed by atoms with Crippen LogP contribution in [-0.2, 0) is 16.0 Å². The fraction of sp³-hybridized carbons (Fsp3) is 0.259. The summed E-state index contributed by atoms with van der Waals surface area (Å²) in [5, 5.41) is 23.1. The Morgan fingerprint density at radius 2 is 1.57 bits per heavy atom. The van der Waals surface area contributed by atoms with E-state index in [1.807, 2.05) is 48.5 Å². The Kier molecular flexibility index (Phi) is 6.82. The molecule has 0 radical (unpaired) electrons. The first-order valence-electron chi connectivity index (χ1n) is 11.4. The van der Waals surface area contributed by atoms with Crippen molar-refractivity contribution in [2.45, 2.75) is 37.6 Å². The van der Waals surface area contributed by atoms with Crippen LogP contribution in [0.25, 0.3) is 11.1 Å². The molecule has 3 aromatic carbocycles. The minimum atomic E-state index is -1.51. The molecule has 1 unspecified atom stereocenters. The van der Waals surface area contributed by atoms with Crippen LogP contribution < -0.4 is 5.32 Å². The number of alkyl carbamates (subject to hydrolysis) is 1. The van der Waals surface area contributed by atoms with Crippen LogP contribution in [0.4, 0.5) is 10.5 Å². The number of carbonyl (C=O) groups excluding carboxylic acids is 1. The zero-order valence-electron chi connectivity index (χ0n) is 19.3. The lowest BCUT2D eigenvalue weighted by atomic mass is 9.93. The van der Waals surface area contributed by atoms with Crippen LogP contribution in [0.15, 0.2) is 72.8 Å². The quantitative estimate of drug-likeness (QED) is 0.321. The second-order valence-corrected chi connectivity index (χ2v) is 8.86. The van der Waals surface area contributed by atoms with Crippen molar-refractivity contribution in [3.05, 3.63) is 99.6 Å². The Morgan fingerprint density at radius 1 is 1.00 bits per heavy atom. The number of benzene rings is 3. The minimum absolute atomic E-state index is 0.000969. The van der Waals surface area contributed by atoms with Crippen LogP contribution in [-0.4, -0.2) is 34.2 Å². The number of hydrogen-bond donors (Lipinski definition) is 2. The van der Waals surface area contributed by atoms with Crippen LogP contribution in [0.2, 0.25) is 0 Å². The van der Waals surface area contributed by atoms with Crippen molar-refractivity contribution in [3.8, 4) is 11.1 Å². The highest BCUT2D eigenvalue weighted by Crippen LogP contribution is 2.44. The molecule has 35 heavy (non-hydrogen) atoms. The van der Waals surface area contributed by atoms with Crippen molar-refractivity contribution in [2.24, 2.45) is 0 Å². The van der Waals surface area contributed by atoms with Crippen molar-refractivity contribution >= 4 is 17.7 Å². The van der Waals surface area contributed by atoms with Crippen molar-refractivity contribution < 1.29 is 24.4 Å². The fourth-order valence-electron chi connectivity index (χ4n) is 4.51. The molecule has 0 bridgehead atoms. The van der Waals surface area contributed by atoms with E-state index < -0.39 is 22.5 Å². The average molecular weight is 475 g/mol. The number of fused-ring (bicyclic) bond motifs is 3. The lowest BCUT2D eigenvalue weighted by Crippen LogP contribution is -2.52. The molecule has 8 nitrogen and oxygen atoms in total. The lowest BCUT2D eigenvalue weighted by Gasteiger charge is -2.26. The monoisotopic (exact) mass is 474 g/mol. The summed E-state index contributed by atoms with van der Waals surface area (Å²) in [4.78, 5) is 34.9. The fourth-order valence-corrected chi connectivity index (χ4v) is 4.51. The normalized spacial score (nSPS) is 13.9. The van der Waals surface area contributed by atoms with Crippen molar-refractivity contribution in [1.29, 1.82) is 0 Å². The summed E-state index contributed by atoms with van der Waals surface area (Å²) >= 11 is 0. The number of carboxylic acids is 1. The number of aliphatic carboxylic acids is 1. The van der Waals surface area contributed by atoms with Crippen LogP contribution in [0, 0.1) is 10.1 Å². The van der Waals surface area contributed by atoms with Gasteiger partial charge in [0.1, 0.15) is 12.1 Å². The number of nitro groups is 1. The van der Waals surface area contributed by atoms with E-state index in [1.165, 1.54) is 19.1 Å². The summed E-state index contributed by atoms with van der Waals surface area (Å²) in [5.41, 5.74) is 3.71. The maximum absolute atomic E-state index is 12.6. The van der Waals surface area contributed by atoms with E-state index in [2.05, 4.69) is 5.32 Å². The minimum Gasteiger partial charge on any atom is -0.480 e. The highest BCUT2D eigenvalue weighted by Gasteiger charge is 2.36. The molecule has 0 saturated carbocycles. The summed E-state index contributed by atoms with van der Waals surface area (Å²) in [6.07, 6.45) is 0.369. The molecule has 0 heterocycles. The number of nitrogens with zero attached hydrogens (tertiary/aromatic N) is 1. The molecule has 8 heteroatoms. The van der Waals surface area contributed by atoms with Gasteiger partial charge in [0.2, 0.25) is 0 Å². The maximum atomic E-state index is 12.6. The Bertz CT molecular complexity index is 1210. The number of hydrogen-bond acceptors (Lipinski definition) is 5. The molecule has 0 aromatic heterocycles. The molecule has 0 saturated heterocycles. The number of carbonyl (C=O) groups is 2. The van der Waals surface area contributed by atoms with Gasteiger partial charge in [-0.05, 0) is 54.0 Å². The van der Waals surface area contributed by atoms with Crippen molar-refractivity contribution in [1.82, 2.24) is 5.32 Å². The third kappa shape index (κ3) is 5.16. The lowest BCUT2D eigenvalue weighted by molar-refractivity contribution is -0.384. The van der Waals surface area contributed by atoms with Gasteiger partial charge in [-0.1, -0.05) is 60.7 Å². The molecular weight excluding hydrogens is 448 g/mol. The smallest absolute Gasteiger partial charge is 0.408 e. The molecule has 2 N–H and O–H groups in total. The Morgan fingerprint density at radius 3 is 2.11 bits per heavy atom. The first kappa shape index (κ1) is 23.9. The summed E-state index contributed by atoms with van der Waals surface area (Å²) in [6.45, 7) is 1.55. The van der Waals surface area contributed by atoms with E-state index in [0.717, 1.165) is 27.8 Å². The first-order chi connectivity index (χ1) is 16.8. The van der Waals surface area contributed by atoms with Gasteiger partial charge in [0.25, 0.3) is 5.69 Å². The molecule has 0 fully saturated rings. The van der Waals surface area contributed by atoms with Gasteiger partial charge >= 0.3 is 12.1 Å². The molecule has 180 valence electrons. The Labute approximate surface area is 202 Å². The van der Waals surface area contributed by atoms with Gasteiger partial charge in [-0.25, -0.2) is 9.59 Å². The van der Waals surface area contributed by atoms with Gasteiger partial charge < -0.3 is 15.2 Å². The van der Waals surface area contributed by atoms with Gasteiger partial charge in [0.05, 0.1) is 4.92 Å². The first-order valence-corrected chi connectivity index (χ1v) is 11.4. The van der Waals surface area contributed by atoms with Crippen molar-refractivity contribution in [2.75, 3.05) is 6.61 Å². The van der Waals surface area contributed by atoms with E-state index >= 15 is 0 Å². The summed E-state index contributed by atoms with van der Waals surface area (Å²) in [6, 6.07) is 22.1. The van der Waals surface area contributed by atoms with Crippen LogP contribution in [0.1, 0.15) is 42.4 Å². The molecule has 1 amide bonds. The van der Waals surface area contributed by atoms with Crippen LogP contribution in [0.5, 0.6) is 0 Å². The van der Waals surface area contributed by atoms with Gasteiger partial charge in [-0.15, -0.1) is 0 Å². The molecule has 0 aliphatic heterocycles. The van der Waals surface area contributed by atoms with Gasteiger partial charge in [-0.2, -0.15) is 0 Å². The SMILES string of the molecule is CC(CCCc1ccc([N+](=O)[O-])cc1)(NC(=O)OCC1c2ccccc2-c2ccccc21)C(=O)O. The number of ether oxygens (including phenoxy) is 1. The average Bonchev–Trinajstić information content (AvgIpc) is 3.16. The van der Waals surface area contributed by atoms with E-state index in [4.69, 9.17) is 4.74 Å². The Hall–Kier alpha value is -4.20. The molecule has 0 spiro atoms. The number of rotatable bonds is 9. The molecule has 4 rings (SSSR count). The predicted molar refractivity (Wildman–Crippen MR) is 130 cm³/mol. The van der Waals surface area contributed by atoms with Gasteiger partial charge in [0.15, 0.2) is 0 Å². The number of aryl methyl sites for hydroxylation is 1.